The van der Waals surface area contributed by atoms with Crippen LogP contribution in [0.3, 0.4) is 0 Å². The summed E-state index contributed by atoms with van der Waals surface area (Å²) >= 11 is 6.02. The molecule has 1 saturated heterocycles. The number of carbonyl (C=O) groups excluding carboxylic acids is 2. The average Bonchev–Trinajstić information content (AvgIpc) is 2.85. The molecule has 1 aliphatic carbocycles. The van der Waals surface area contributed by atoms with Gasteiger partial charge in [0.05, 0.1) is 11.6 Å². The molecule has 5 nitrogen and oxygen atoms in total. The molecule has 124 valence electrons. The van der Waals surface area contributed by atoms with Crippen molar-refractivity contribution < 1.29 is 14.3 Å². The lowest BCUT2D eigenvalue weighted by Gasteiger charge is -2.25. The van der Waals surface area contributed by atoms with E-state index in [1.807, 2.05) is 12.1 Å². The summed E-state index contributed by atoms with van der Waals surface area (Å²) in [4.78, 5) is 25.8. The molecule has 3 rings (SSSR count). The fraction of sp³-hybridized carbons (Fsp3) is 0.529. The number of rotatable bonds is 5. The minimum atomic E-state index is -0.358. The standard InChI is InChI=1S/C17H21ClN2O3/c18-13-8-4-5-9-14(13)23-11-10-20-16(21)15(19-17(20)22)12-6-2-1-3-7-12/h4-5,8-9,12,15H,1-3,6-7,10-11H2,(H,19,22)/t15-/m1/s1. The Bertz CT molecular complexity index is 587. The molecule has 0 radical (unpaired) electrons. The number of imide groups is 1. The number of urea groups is 1. The van der Waals surface area contributed by atoms with Gasteiger partial charge in [-0.2, -0.15) is 0 Å². The van der Waals surface area contributed by atoms with Crippen LogP contribution in [-0.2, 0) is 4.79 Å². The second kappa shape index (κ2) is 7.21. The molecule has 1 heterocycles. The normalized spacial score (nSPS) is 22.3. The van der Waals surface area contributed by atoms with E-state index >= 15 is 0 Å². The number of benzene rings is 1. The minimum Gasteiger partial charge on any atom is -0.490 e. The van der Waals surface area contributed by atoms with E-state index in [0.717, 1.165) is 25.7 Å². The van der Waals surface area contributed by atoms with E-state index in [0.29, 0.717) is 10.8 Å². The maximum Gasteiger partial charge on any atom is 0.324 e. The van der Waals surface area contributed by atoms with Crippen molar-refractivity contribution in [3.8, 4) is 5.75 Å². The molecule has 1 saturated carbocycles. The molecular weight excluding hydrogens is 316 g/mol. The maximum absolute atomic E-state index is 12.5. The molecule has 6 heteroatoms. The summed E-state index contributed by atoms with van der Waals surface area (Å²) in [6.07, 6.45) is 5.53. The van der Waals surface area contributed by atoms with Gasteiger partial charge < -0.3 is 10.1 Å². The first-order valence-corrected chi connectivity index (χ1v) is 8.54. The molecule has 3 amide bonds. The first kappa shape index (κ1) is 16.1. The second-order valence-corrected chi connectivity index (χ2v) is 6.50. The van der Waals surface area contributed by atoms with Crippen LogP contribution in [0.15, 0.2) is 24.3 Å². The Morgan fingerprint density at radius 1 is 1.17 bits per heavy atom. The summed E-state index contributed by atoms with van der Waals surface area (Å²) in [6.45, 7) is 0.472. The van der Waals surface area contributed by atoms with Gasteiger partial charge in [0.15, 0.2) is 0 Å². The number of carbonyl (C=O) groups is 2. The van der Waals surface area contributed by atoms with Crippen LogP contribution in [0, 0.1) is 5.92 Å². The summed E-state index contributed by atoms with van der Waals surface area (Å²) in [5, 5.41) is 3.36. The third-order valence-electron chi connectivity index (χ3n) is 4.59. The number of para-hydroxylation sites is 1. The molecule has 1 aliphatic heterocycles. The molecule has 23 heavy (non-hydrogen) atoms. The number of ether oxygens (including phenoxy) is 1. The van der Waals surface area contributed by atoms with Crippen molar-refractivity contribution in [1.82, 2.24) is 10.2 Å². The number of nitrogens with one attached hydrogen (secondary N) is 1. The Morgan fingerprint density at radius 3 is 2.65 bits per heavy atom. The van der Waals surface area contributed by atoms with Crippen molar-refractivity contribution in [3.05, 3.63) is 29.3 Å². The van der Waals surface area contributed by atoms with Gasteiger partial charge in [-0.15, -0.1) is 0 Å². The van der Waals surface area contributed by atoms with Crippen LogP contribution in [-0.4, -0.2) is 36.0 Å². The third-order valence-corrected chi connectivity index (χ3v) is 4.90. The SMILES string of the molecule is O=C1N[C@H](C2CCCCC2)C(=O)N1CCOc1ccccc1Cl. The fourth-order valence-electron chi connectivity index (χ4n) is 3.35. The van der Waals surface area contributed by atoms with Crippen LogP contribution in [0.5, 0.6) is 5.75 Å². The summed E-state index contributed by atoms with van der Waals surface area (Å²) in [7, 11) is 0. The molecule has 1 N–H and O–H groups in total. The van der Waals surface area contributed by atoms with E-state index in [-0.39, 0.29) is 37.0 Å². The highest BCUT2D eigenvalue weighted by Gasteiger charge is 2.42. The molecular formula is C17H21ClN2O3. The highest BCUT2D eigenvalue weighted by Crippen LogP contribution is 2.29. The highest BCUT2D eigenvalue weighted by atomic mass is 35.5. The first-order chi connectivity index (χ1) is 11.2. The van der Waals surface area contributed by atoms with Crippen LogP contribution >= 0.6 is 11.6 Å². The molecule has 1 aromatic carbocycles. The quantitative estimate of drug-likeness (QED) is 0.840. The topological polar surface area (TPSA) is 58.6 Å². The van der Waals surface area contributed by atoms with E-state index in [1.165, 1.54) is 11.3 Å². The van der Waals surface area contributed by atoms with Crippen molar-refractivity contribution in [2.45, 2.75) is 38.1 Å². The average molecular weight is 337 g/mol. The van der Waals surface area contributed by atoms with E-state index in [2.05, 4.69) is 5.32 Å². The molecule has 0 aromatic heterocycles. The highest BCUT2D eigenvalue weighted by molar-refractivity contribution is 6.32. The van der Waals surface area contributed by atoms with Gasteiger partial charge in [0, 0.05) is 0 Å². The third kappa shape index (κ3) is 3.61. The maximum atomic E-state index is 12.5. The Hall–Kier alpha value is -1.75. The van der Waals surface area contributed by atoms with Gasteiger partial charge in [0.2, 0.25) is 0 Å². The smallest absolute Gasteiger partial charge is 0.324 e. The number of halogens is 1. The lowest BCUT2D eigenvalue weighted by atomic mass is 9.84. The van der Waals surface area contributed by atoms with Gasteiger partial charge in [-0.1, -0.05) is 43.0 Å². The van der Waals surface area contributed by atoms with Crippen molar-refractivity contribution in [1.29, 1.82) is 0 Å². The molecule has 1 atom stereocenters. The predicted molar refractivity (Wildman–Crippen MR) is 87.6 cm³/mol. The van der Waals surface area contributed by atoms with Crippen LogP contribution in [0.2, 0.25) is 5.02 Å². The molecule has 2 fully saturated rings. The first-order valence-electron chi connectivity index (χ1n) is 8.16. The second-order valence-electron chi connectivity index (χ2n) is 6.09. The van der Waals surface area contributed by atoms with E-state index in [4.69, 9.17) is 16.3 Å². The van der Waals surface area contributed by atoms with Crippen molar-refractivity contribution >= 4 is 23.5 Å². The Kier molecular flexibility index (Phi) is 5.06. The Morgan fingerprint density at radius 2 is 1.91 bits per heavy atom. The largest absolute Gasteiger partial charge is 0.490 e. The predicted octanol–water partition coefficient (Wildman–Crippen LogP) is 3.22. The van der Waals surface area contributed by atoms with E-state index < -0.39 is 0 Å². The van der Waals surface area contributed by atoms with Crippen LogP contribution < -0.4 is 10.1 Å². The van der Waals surface area contributed by atoms with Gasteiger partial charge in [0.25, 0.3) is 5.91 Å². The molecule has 0 unspecified atom stereocenters. The van der Waals surface area contributed by atoms with E-state index in [1.54, 1.807) is 12.1 Å². The zero-order chi connectivity index (χ0) is 16.2. The van der Waals surface area contributed by atoms with Crippen LogP contribution in [0.4, 0.5) is 4.79 Å². The molecule has 0 bridgehead atoms. The lowest BCUT2D eigenvalue weighted by Crippen LogP contribution is -2.38. The molecule has 1 aromatic rings. The molecule has 2 aliphatic rings. The fourth-order valence-corrected chi connectivity index (χ4v) is 3.54. The monoisotopic (exact) mass is 336 g/mol. The van der Waals surface area contributed by atoms with Crippen LogP contribution in [0.1, 0.15) is 32.1 Å². The van der Waals surface area contributed by atoms with Crippen molar-refractivity contribution in [3.63, 3.8) is 0 Å². The minimum absolute atomic E-state index is 0.121. The number of nitrogens with zero attached hydrogens (tertiary/aromatic N) is 1. The van der Waals surface area contributed by atoms with Gasteiger partial charge in [-0.05, 0) is 30.9 Å². The van der Waals surface area contributed by atoms with Crippen molar-refractivity contribution in [2.75, 3.05) is 13.2 Å². The summed E-state index contributed by atoms with van der Waals surface area (Å²) in [5.41, 5.74) is 0. The van der Waals surface area contributed by atoms with Crippen LogP contribution in [0.25, 0.3) is 0 Å². The summed E-state index contributed by atoms with van der Waals surface area (Å²) in [6, 6.07) is 6.48. The van der Waals surface area contributed by atoms with Gasteiger partial charge in [-0.25, -0.2) is 4.79 Å². The van der Waals surface area contributed by atoms with Gasteiger partial charge in [-0.3, -0.25) is 9.69 Å². The van der Waals surface area contributed by atoms with Gasteiger partial charge >= 0.3 is 6.03 Å². The number of amides is 3. The zero-order valence-corrected chi connectivity index (χ0v) is 13.7. The number of hydrogen-bond donors (Lipinski definition) is 1. The van der Waals surface area contributed by atoms with Crippen molar-refractivity contribution in [2.24, 2.45) is 5.92 Å². The van der Waals surface area contributed by atoms with E-state index in [9.17, 15) is 9.59 Å². The Labute approximate surface area is 140 Å². The Balaban J connectivity index is 1.54. The zero-order valence-electron chi connectivity index (χ0n) is 13.0. The number of hydrogen-bond acceptors (Lipinski definition) is 3. The lowest BCUT2D eigenvalue weighted by molar-refractivity contribution is -0.129. The summed E-state index contributed by atoms with van der Waals surface area (Å²) < 4.78 is 5.57. The van der Waals surface area contributed by atoms with Gasteiger partial charge in [0.1, 0.15) is 18.4 Å². The molecule has 0 spiro atoms. The summed E-state index contributed by atoms with van der Waals surface area (Å²) in [5.74, 6) is 0.712.